The average Bonchev–Trinajstić information content (AvgIpc) is 3.20. The van der Waals surface area contributed by atoms with Crippen molar-refractivity contribution in [2.45, 2.75) is 218 Å². The van der Waals surface area contributed by atoms with Crippen LogP contribution in [0.4, 0.5) is 0 Å². The van der Waals surface area contributed by atoms with E-state index in [4.69, 9.17) is 62.1 Å². The second-order valence-corrected chi connectivity index (χ2v) is 22.6. The zero-order valence-electron chi connectivity index (χ0n) is 46.5. The van der Waals surface area contributed by atoms with Gasteiger partial charge in [-0.1, -0.05) is 6.92 Å². The number of phosphoric acid groups is 1. The van der Waals surface area contributed by atoms with Gasteiger partial charge in [-0.25, -0.2) is 4.57 Å². The third-order valence-corrected chi connectivity index (χ3v) is 15.8. The van der Waals surface area contributed by atoms with Gasteiger partial charge in [0.05, 0.1) is 52.4 Å². The molecule has 5 heterocycles. The van der Waals surface area contributed by atoms with Crippen LogP contribution in [0.2, 0.25) is 0 Å². The van der Waals surface area contributed by atoms with E-state index in [1.807, 2.05) is 0 Å². The molecule has 5 fully saturated rings. The van der Waals surface area contributed by atoms with Crippen molar-refractivity contribution in [3.8, 4) is 0 Å². The second kappa shape index (κ2) is 33.8. The lowest BCUT2D eigenvalue weighted by molar-refractivity contribution is -0.389. The summed E-state index contributed by atoms with van der Waals surface area (Å²) in [6.45, 7) is -3.96. The predicted molar refractivity (Wildman–Crippen MR) is 271 cm³/mol. The average molecular weight is 1270 g/mol. The summed E-state index contributed by atoms with van der Waals surface area (Å²) in [7, 11) is -4.90. The molecule has 0 saturated carbocycles. The number of aliphatic hydroxyl groups excluding tert-OH is 18. The van der Waals surface area contributed by atoms with Crippen molar-refractivity contribution in [2.24, 2.45) is 11.7 Å². The number of carbonyl (C=O) groups is 2. The van der Waals surface area contributed by atoms with Gasteiger partial charge in [0.1, 0.15) is 140 Å². The Bertz CT molecular complexity index is 2050. The molecule has 2 amide bonds. The van der Waals surface area contributed by atoms with Crippen LogP contribution in [0.1, 0.15) is 40.0 Å². The Kier molecular flexibility index (Phi) is 29.3. The molecule has 0 aliphatic carbocycles. The molecule has 498 valence electrons. The minimum absolute atomic E-state index is 0.269. The number of nitrogens with one attached hydrogen (secondary N) is 2. The molecule has 0 spiro atoms. The van der Waals surface area contributed by atoms with Crippen molar-refractivity contribution in [3.63, 3.8) is 0 Å². The maximum Gasteiger partial charge on any atom is 0.472 e. The van der Waals surface area contributed by atoms with E-state index in [0.29, 0.717) is 25.8 Å². The summed E-state index contributed by atoms with van der Waals surface area (Å²) in [4.78, 5) is 36.1. The van der Waals surface area contributed by atoms with E-state index < -0.39 is 250 Å². The Morgan fingerprint density at radius 2 is 0.929 bits per heavy atom. The van der Waals surface area contributed by atoms with Crippen molar-refractivity contribution in [2.75, 3.05) is 59.4 Å². The van der Waals surface area contributed by atoms with Crippen molar-refractivity contribution in [1.82, 2.24) is 10.6 Å². The van der Waals surface area contributed by atoms with Gasteiger partial charge in [-0.2, -0.15) is 0 Å². The summed E-state index contributed by atoms with van der Waals surface area (Å²) < 4.78 is 81.5. The molecule has 37 nitrogen and oxygen atoms in total. The first-order valence-corrected chi connectivity index (χ1v) is 28.9. The zero-order valence-corrected chi connectivity index (χ0v) is 47.3. The lowest BCUT2D eigenvalue weighted by atomic mass is 9.92. The first-order valence-electron chi connectivity index (χ1n) is 27.4. The van der Waals surface area contributed by atoms with E-state index >= 15 is 0 Å². The zero-order chi connectivity index (χ0) is 63.4. The topological polar surface area (TPSA) is 596 Å². The van der Waals surface area contributed by atoms with Gasteiger partial charge >= 0.3 is 7.82 Å². The van der Waals surface area contributed by atoms with Crippen LogP contribution >= 0.6 is 7.82 Å². The van der Waals surface area contributed by atoms with E-state index in [1.54, 1.807) is 0 Å². The fraction of sp³-hybridized carbons (Fsp3) is 0.957. The molecule has 13 unspecified atom stereocenters. The van der Waals surface area contributed by atoms with Crippen LogP contribution in [0, 0.1) is 5.92 Å². The monoisotopic (exact) mass is 1270 g/mol. The van der Waals surface area contributed by atoms with Crippen molar-refractivity contribution in [1.29, 1.82) is 0 Å². The lowest BCUT2D eigenvalue weighted by Gasteiger charge is -2.51. The molecule has 0 bridgehead atoms. The van der Waals surface area contributed by atoms with Crippen LogP contribution in [-0.4, -0.2) is 346 Å². The maximum atomic E-state index is 13.2. The Balaban J connectivity index is 1.49. The molecule has 5 saturated heterocycles. The Morgan fingerprint density at radius 3 is 1.42 bits per heavy atom. The van der Waals surface area contributed by atoms with Crippen molar-refractivity contribution < 1.29 is 167 Å². The number of carbonyl (C=O) groups excluding carboxylic acids is 2. The van der Waals surface area contributed by atoms with Gasteiger partial charge in [-0.3, -0.25) is 18.6 Å². The number of rotatable bonds is 31. The number of hydrogen-bond acceptors (Lipinski definition) is 34. The molecular weight excluding hydrogens is 1180 g/mol. The van der Waals surface area contributed by atoms with E-state index in [9.17, 15) is 111 Å². The number of hydrogen-bond donors (Lipinski definition) is 22. The SMILES string of the molecule is CC(=O)NC1[C@H](O[C@@H]2C(CO)O[C@H](O[C@H]3C(CO)O[C@@H](OC([C@H](O)C(C)CO)[C@@H](O)[C@H](O)COP(=O)(O)OCCCCCN)C(NC(C)=O)[C@H]3O[C@@H]3OC(CO)[C@@H](O)[C@H](O)C3O)[C@@H](O)C2O)OC(CO)[C@H](O)[C@@H]1O[C@@H]1OC(CO)[C@@H](O)[C@H](O)C1O. The highest BCUT2D eigenvalue weighted by Gasteiger charge is 2.58. The fourth-order valence-corrected chi connectivity index (χ4v) is 10.8. The fourth-order valence-electron chi connectivity index (χ4n) is 10.0. The highest BCUT2D eigenvalue weighted by molar-refractivity contribution is 7.47. The molecule has 23 N–H and O–H groups in total. The van der Waals surface area contributed by atoms with Crippen LogP contribution in [0.3, 0.4) is 0 Å². The van der Waals surface area contributed by atoms with Crippen LogP contribution in [0.5, 0.6) is 0 Å². The third kappa shape index (κ3) is 18.5. The summed E-state index contributed by atoms with van der Waals surface area (Å²) in [6, 6.07) is -3.72. The summed E-state index contributed by atoms with van der Waals surface area (Å²) in [5, 5.41) is 200. The van der Waals surface area contributed by atoms with Gasteiger partial charge in [0.2, 0.25) is 11.8 Å². The Morgan fingerprint density at radius 1 is 0.506 bits per heavy atom. The highest BCUT2D eigenvalue weighted by atomic mass is 31.2. The molecule has 38 heteroatoms. The van der Waals surface area contributed by atoms with Gasteiger partial charge < -0.3 is 161 Å². The smallest absolute Gasteiger partial charge is 0.396 e. The molecule has 0 aromatic rings. The number of nitrogens with two attached hydrogens (primary N) is 1. The lowest BCUT2D eigenvalue weighted by Crippen LogP contribution is -2.71. The minimum Gasteiger partial charge on any atom is -0.396 e. The quantitative estimate of drug-likeness (QED) is 0.0226. The second-order valence-electron chi connectivity index (χ2n) is 21.2. The standard InChI is InChI=1S/C47H86N3O34P/c1-16(9-51)27(60)42(28(61)19(59)15-74-85(71,72)73-8-6-4-5-7-48)84-44-26(50-18(3)58)41(83-46-36(69)33(66)30(63)21(11-53)77-46)39(24(14-56)78-44)81-47-37(70)34(67)38(23(13-55)79-47)80-43-25(49-17(2)57)40(31(64)22(12-54)75-43)82-45-35(68)32(65)29(62)20(10-52)76-45/h16,19-47,51-56,59-70H,4-15,48H2,1-3H3,(H,49,57)(H,50,58)(H,71,72)/t16?,19-,20?,21?,22?,23?,24?,25?,26?,27-,28+,29-,30-,31+,32+,33+,34?,35?,36?,37+,38-,39+,40-,41-,42?,43+,44+,45+,46+,47-/m1/s1. The van der Waals surface area contributed by atoms with E-state index in [2.05, 4.69) is 10.6 Å². The van der Waals surface area contributed by atoms with E-state index in [1.165, 1.54) is 6.92 Å². The van der Waals surface area contributed by atoms with Gasteiger partial charge in [0, 0.05) is 26.4 Å². The first-order chi connectivity index (χ1) is 40.1. The summed E-state index contributed by atoms with van der Waals surface area (Å²) >= 11 is 0. The Hall–Kier alpha value is -2.11. The molecule has 0 aromatic heterocycles. The third-order valence-electron chi connectivity index (χ3n) is 14.8. The van der Waals surface area contributed by atoms with E-state index in [-0.39, 0.29) is 6.61 Å². The summed E-state index contributed by atoms with van der Waals surface area (Å²) in [5.41, 5.74) is 5.46. The first kappa shape index (κ1) is 73.6. The van der Waals surface area contributed by atoms with E-state index in [0.717, 1.165) is 13.8 Å². The number of amides is 2. The highest BCUT2D eigenvalue weighted by Crippen LogP contribution is 2.44. The largest absolute Gasteiger partial charge is 0.472 e. The molecule has 85 heavy (non-hydrogen) atoms. The molecule has 5 rings (SSSR count). The predicted octanol–water partition coefficient (Wildman–Crippen LogP) is -12.3. The van der Waals surface area contributed by atoms with Gasteiger partial charge in [0.15, 0.2) is 31.5 Å². The van der Waals surface area contributed by atoms with Crippen molar-refractivity contribution in [3.05, 3.63) is 0 Å². The summed E-state index contributed by atoms with van der Waals surface area (Å²) in [6.07, 6.45) is -53.4. The van der Waals surface area contributed by atoms with Gasteiger partial charge in [-0.15, -0.1) is 0 Å². The number of aliphatic hydroxyl groups is 18. The van der Waals surface area contributed by atoms with Crippen LogP contribution < -0.4 is 16.4 Å². The summed E-state index contributed by atoms with van der Waals surface area (Å²) in [5.74, 6) is -3.06. The minimum atomic E-state index is -4.90. The number of unbranched alkanes of at least 4 members (excludes halogenated alkanes) is 2. The number of ether oxygens (including phenoxy) is 10. The molecule has 31 atom stereocenters. The molecular formula is C47H86N3O34P. The Labute approximate surface area is 485 Å². The van der Waals surface area contributed by atoms with Gasteiger partial charge in [0.25, 0.3) is 0 Å². The normalized spacial score (nSPS) is 41.7. The molecule has 0 radical (unpaired) electrons. The molecule has 0 aromatic carbocycles. The van der Waals surface area contributed by atoms with Crippen LogP contribution in [-0.2, 0) is 70.6 Å². The maximum absolute atomic E-state index is 13.2. The molecule has 5 aliphatic rings. The van der Waals surface area contributed by atoms with Gasteiger partial charge in [-0.05, 0) is 25.8 Å². The van der Waals surface area contributed by atoms with Crippen LogP contribution in [0.15, 0.2) is 0 Å². The molecule has 5 aliphatic heterocycles. The number of phosphoric ester groups is 1. The van der Waals surface area contributed by atoms with Crippen LogP contribution in [0.25, 0.3) is 0 Å². The van der Waals surface area contributed by atoms with Crippen molar-refractivity contribution >= 4 is 19.6 Å².